The maximum absolute atomic E-state index is 3.88. The molecular formula is C6H12N2O. The average molecular weight is 128 g/mol. The van der Waals surface area contributed by atoms with Crippen LogP contribution in [-0.2, 0) is 0 Å². The van der Waals surface area contributed by atoms with E-state index in [0.29, 0.717) is 0 Å². The van der Waals surface area contributed by atoms with Gasteiger partial charge in [-0.25, -0.2) is 0 Å². The molecule has 0 bridgehead atoms. The highest BCUT2D eigenvalue weighted by Crippen LogP contribution is 1.88. The van der Waals surface area contributed by atoms with Gasteiger partial charge in [-0.2, -0.15) is 0 Å². The molecule has 0 aromatic carbocycles. The van der Waals surface area contributed by atoms with Gasteiger partial charge in [-0.05, 0) is 18.6 Å². The Bertz CT molecular complexity index is 141. The largest absolute Gasteiger partial charge is 0.412 e. The summed E-state index contributed by atoms with van der Waals surface area (Å²) < 4.78 is 0. The third-order valence-electron chi connectivity index (χ3n) is 0.809. The summed E-state index contributed by atoms with van der Waals surface area (Å²) in [5, 5.41) is 0. The van der Waals surface area contributed by atoms with Gasteiger partial charge in [0.2, 0.25) is 0 Å². The summed E-state index contributed by atoms with van der Waals surface area (Å²) in [5.74, 6) is 0. The molecule has 52 valence electrons. The van der Waals surface area contributed by atoms with Gasteiger partial charge in [0.05, 0.1) is 0 Å². The van der Waals surface area contributed by atoms with E-state index in [1.54, 1.807) is 6.20 Å². The quantitative estimate of drug-likeness (QED) is 0.558. The highest BCUT2D eigenvalue weighted by Gasteiger charge is 1.73. The first-order valence-corrected chi connectivity index (χ1v) is 2.26. The summed E-state index contributed by atoms with van der Waals surface area (Å²) in [6, 6.07) is 3.95. The van der Waals surface area contributed by atoms with Gasteiger partial charge >= 0.3 is 0 Å². The van der Waals surface area contributed by atoms with Gasteiger partial charge < -0.3 is 11.6 Å². The zero-order valence-electron chi connectivity index (χ0n) is 5.46. The normalized spacial score (nSPS) is 6.78. The smallest absolute Gasteiger partial charge is 0.0297 e. The molecule has 0 spiro atoms. The van der Waals surface area contributed by atoms with Crippen LogP contribution in [-0.4, -0.2) is 10.5 Å². The molecule has 1 aromatic heterocycles. The number of nitrogens with zero attached hydrogens (tertiary/aromatic N) is 1. The van der Waals surface area contributed by atoms with Crippen molar-refractivity contribution < 1.29 is 5.48 Å². The Balaban J connectivity index is 0. The van der Waals surface area contributed by atoms with E-state index in [-0.39, 0.29) is 11.6 Å². The van der Waals surface area contributed by atoms with E-state index in [9.17, 15) is 0 Å². The van der Waals surface area contributed by atoms with Gasteiger partial charge in [0, 0.05) is 12.4 Å². The predicted octanol–water partition coefficient (Wildman–Crippen LogP) is 0.727. The zero-order chi connectivity index (χ0) is 5.11. The van der Waals surface area contributed by atoms with Crippen LogP contribution >= 0.6 is 0 Å². The number of hydrogen-bond donors (Lipinski definition) is 1. The lowest BCUT2D eigenvalue weighted by Crippen LogP contribution is -1.69. The Morgan fingerprint density at radius 2 is 2.11 bits per heavy atom. The maximum Gasteiger partial charge on any atom is 0.0297 e. The van der Waals surface area contributed by atoms with Gasteiger partial charge in [0.15, 0.2) is 0 Å². The molecule has 0 saturated carbocycles. The fourth-order valence-corrected chi connectivity index (χ4v) is 0.448. The van der Waals surface area contributed by atoms with Crippen LogP contribution in [0.25, 0.3) is 0 Å². The number of hydrogen-bond acceptors (Lipinski definition) is 2. The number of pyridine rings is 1. The molecule has 0 aliphatic heterocycles. The second kappa shape index (κ2) is 5.21. The molecular weight excluding hydrogens is 116 g/mol. The highest BCUT2D eigenvalue weighted by molar-refractivity contribution is 5.04. The van der Waals surface area contributed by atoms with Gasteiger partial charge in [0.25, 0.3) is 0 Å². The van der Waals surface area contributed by atoms with Crippen molar-refractivity contribution in [2.24, 2.45) is 0 Å². The topological polar surface area (TPSA) is 79.4 Å². The van der Waals surface area contributed by atoms with Gasteiger partial charge in [-0.1, -0.05) is 6.07 Å². The van der Waals surface area contributed by atoms with Crippen LogP contribution in [0.15, 0.2) is 24.5 Å². The molecule has 0 amide bonds. The van der Waals surface area contributed by atoms with Crippen LogP contribution in [0.2, 0.25) is 0 Å². The van der Waals surface area contributed by atoms with E-state index >= 15 is 0 Å². The lowest BCUT2D eigenvalue weighted by molar-refractivity contribution is 0.824. The Hall–Kier alpha value is -0.930. The molecule has 1 heterocycles. The third kappa shape index (κ3) is 3.64. The molecule has 5 N–H and O–H groups in total. The Morgan fingerprint density at radius 1 is 1.44 bits per heavy atom. The lowest BCUT2D eigenvalue weighted by Gasteiger charge is -1.82. The minimum absolute atomic E-state index is 0. The lowest BCUT2D eigenvalue weighted by atomic mass is 10.3. The summed E-state index contributed by atoms with van der Waals surface area (Å²) in [4.78, 5) is 3.88. The van der Waals surface area contributed by atoms with Gasteiger partial charge in [-0.15, -0.1) is 0 Å². The fourth-order valence-electron chi connectivity index (χ4n) is 0.448. The molecule has 1 aromatic rings. The average Bonchev–Trinajstić information content (AvgIpc) is 1.69. The SMILES string of the molecule is Cc1cccnc1.N.O. The summed E-state index contributed by atoms with van der Waals surface area (Å²) in [7, 11) is 0. The standard InChI is InChI=1S/C6H7N.H3N.H2O/c1-6-3-2-4-7-5-6;;/h2-5H,1H3;1H3;1H2. The van der Waals surface area contributed by atoms with E-state index in [0.717, 1.165) is 0 Å². The first kappa shape index (κ1) is 10.9. The minimum Gasteiger partial charge on any atom is -0.412 e. The van der Waals surface area contributed by atoms with Crippen LogP contribution in [0, 0.1) is 6.92 Å². The molecule has 0 saturated heterocycles. The van der Waals surface area contributed by atoms with E-state index in [2.05, 4.69) is 4.98 Å². The molecule has 1 rings (SSSR count). The number of rotatable bonds is 0. The molecule has 9 heavy (non-hydrogen) atoms. The third-order valence-corrected chi connectivity index (χ3v) is 0.809. The molecule has 0 radical (unpaired) electrons. The van der Waals surface area contributed by atoms with Crippen molar-refractivity contribution in [2.75, 3.05) is 0 Å². The van der Waals surface area contributed by atoms with Crippen LogP contribution < -0.4 is 6.15 Å². The van der Waals surface area contributed by atoms with Crippen molar-refractivity contribution in [2.45, 2.75) is 6.92 Å². The first-order chi connectivity index (χ1) is 3.39. The van der Waals surface area contributed by atoms with Crippen LogP contribution in [0.5, 0.6) is 0 Å². The van der Waals surface area contributed by atoms with Crippen molar-refractivity contribution in [1.29, 1.82) is 0 Å². The van der Waals surface area contributed by atoms with Gasteiger partial charge in [0.1, 0.15) is 0 Å². The first-order valence-electron chi connectivity index (χ1n) is 2.26. The molecule has 0 atom stereocenters. The van der Waals surface area contributed by atoms with Crippen molar-refractivity contribution in [3.63, 3.8) is 0 Å². The van der Waals surface area contributed by atoms with E-state index in [1.165, 1.54) is 5.56 Å². The number of aromatic nitrogens is 1. The van der Waals surface area contributed by atoms with E-state index in [1.807, 2.05) is 25.3 Å². The monoisotopic (exact) mass is 128 g/mol. The molecule has 0 unspecified atom stereocenters. The molecule has 0 fully saturated rings. The second-order valence-corrected chi connectivity index (χ2v) is 1.53. The molecule has 3 heteroatoms. The summed E-state index contributed by atoms with van der Waals surface area (Å²) in [6.45, 7) is 2.02. The Labute approximate surface area is 54.6 Å². The predicted molar refractivity (Wildman–Crippen MR) is 37.6 cm³/mol. The van der Waals surface area contributed by atoms with Gasteiger partial charge in [-0.3, -0.25) is 4.98 Å². The molecule has 0 aliphatic rings. The van der Waals surface area contributed by atoms with Crippen molar-refractivity contribution in [1.82, 2.24) is 11.1 Å². The summed E-state index contributed by atoms with van der Waals surface area (Å²) >= 11 is 0. The van der Waals surface area contributed by atoms with Crippen molar-refractivity contribution >= 4 is 0 Å². The minimum atomic E-state index is 0. The molecule has 3 nitrogen and oxygen atoms in total. The highest BCUT2D eigenvalue weighted by atomic mass is 16.0. The fraction of sp³-hybridized carbons (Fsp3) is 0.167. The molecule has 0 aliphatic carbocycles. The second-order valence-electron chi connectivity index (χ2n) is 1.53. The van der Waals surface area contributed by atoms with E-state index in [4.69, 9.17) is 0 Å². The Kier molecular flexibility index (Phi) is 6.34. The summed E-state index contributed by atoms with van der Waals surface area (Å²) in [6.07, 6.45) is 3.60. The number of aryl methyl sites for hydroxylation is 1. The Morgan fingerprint density at radius 3 is 2.33 bits per heavy atom. The van der Waals surface area contributed by atoms with Crippen molar-refractivity contribution in [3.05, 3.63) is 30.1 Å². The zero-order valence-corrected chi connectivity index (χ0v) is 5.46. The van der Waals surface area contributed by atoms with Crippen LogP contribution in [0.3, 0.4) is 0 Å². The summed E-state index contributed by atoms with van der Waals surface area (Å²) in [5.41, 5.74) is 1.21. The maximum atomic E-state index is 3.88. The van der Waals surface area contributed by atoms with Crippen LogP contribution in [0.4, 0.5) is 0 Å². The van der Waals surface area contributed by atoms with Crippen LogP contribution in [0.1, 0.15) is 5.56 Å². The van der Waals surface area contributed by atoms with Crippen molar-refractivity contribution in [3.8, 4) is 0 Å². The van der Waals surface area contributed by atoms with E-state index < -0.39 is 0 Å².